The minimum atomic E-state index is -0.161. The number of hydrogen-bond acceptors (Lipinski definition) is 3. The average Bonchev–Trinajstić information content (AvgIpc) is 2.45. The van der Waals surface area contributed by atoms with Gasteiger partial charge < -0.3 is 20.1 Å². The monoisotopic (exact) mass is 266 g/mol. The molecule has 1 aromatic carbocycles. The maximum absolute atomic E-state index is 11.5. The molecule has 0 saturated heterocycles. The Bertz CT molecular complexity index is 408. The van der Waals surface area contributed by atoms with E-state index in [4.69, 9.17) is 9.47 Å². The third-order valence-electron chi connectivity index (χ3n) is 2.75. The van der Waals surface area contributed by atoms with E-state index in [0.717, 1.165) is 24.2 Å². The van der Waals surface area contributed by atoms with E-state index in [2.05, 4.69) is 17.6 Å². The molecule has 0 bridgehead atoms. The third kappa shape index (κ3) is 5.07. The number of amides is 2. The molecule has 106 valence electrons. The molecule has 1 rings (SSSR count). The predicted octanol–water partition coefficient (Wildman–Crippen LogP) is 2.30. The van der Waals surface area contributed by atoms with Gasteiger partial charge in [-0.2, -0.15) is 0 Å². The molecule has 0 atom stereocenters. The summed E-state index contributed by atoms with van der Waals surface area (Å²) < 4.78 is 10.4. The number of urea groups is 1. The van der Waals surface area contributed by atoms with Crippen molar-refractivity contribution in [3.63, 3.8) is 0 Å². The molecule has 0 fully saturated rings. The van der Waals surface area contributed by atoms with Crippen LogP contribution in [0.4, 0.5) is 4.79 Å². The number of benzene rings is 1. The summed E-state index contributed by atoms with van der Waals surface area (Å²) in [6.45, 7) is 3.20. The number of hydrogen-bond donors (Lipinski definition) is 2. The Morgan fingerprint density at radius 3 is 2.63 bits per heavy atom. The van der Waals surface area contributed by atoms with Gasteiger partial charge in [0.05, 0.1) is 14.2 Å². The minimum absolute atomic E-state index is 0.161. The zero-order valence-corrected chi connectivity index (χ0v) is 11.8. The van der Waals surface area contributed by atoms with Crippen molar-refractivity contribution in [2.75, 3.05) is 20.8 Å². The number of nitrogens with one attached hydrogen (secondary N) is 2. The van der Waals surface area contributed by atoms with Crippen molar-refractivity contribution < 1.29 is 14.3 Å². The normalized spacial score (nSPS) is 9.84. The maximum atomic E-state index is 11.5. The first-order valence-electron chi connectivity index (χ1n) is 6.43. The van der Waals surface area contributed by atoms with Gasteiger partial charge in [0.2, 0.25) is 0 Å². The first kappa shape index (κ1) is 15.1. The lowest BCUT2D eigenvalue weighted by molar-refractivity contribution is 0.240. The zero-order chi connectivity index (χ0) is 14.1. The molecule has 0 aromatic heterocycles. The minimum Gasteiger partial charge on any atom is -0.497 e. The number of carbonyl (C=O) groups excluding carboxylic acids is 1. The summed E-state index contributed by atoms with van der Waals surface area (Å²) in [5, 5.41) is 5.60. The van der Waals surface area contributed by atoms with Crippen LogP contribution < -0.4 is 20.1 Å². The lowest BCUT2D eigenvalue weighted by atomic mass is 10.2. The van der Waals surface area contributed by atoms with E-state index in [0.29, 0.717) is 18.8 Å². The largest absolute Gasteiger partial charge is 0.497 e. The first-order valence-corrected chi connectivity index (χ1v) is 6.43. The van der Waals surface area contributed by atoms with Gasteiger partial charge in [0.15, 0.2) is 0 Å². The van der Waals surface area contributed by atoms with Gasteiger partial charge in [-0.05, 0) is 18.6 Å². The summed E-state index contributed by atoms with van der Waals surface area (Å²) in [6, 6.07) is 5.36. The van der Waals surface area contributed by atoms with Crippen LogP contribution in [0.5, 0.6) is 11.5 Å². The third-order valence-corrected chi connectivity index (χ3v) is 2.75. The van der Waals surface area contributed by atoms with Crippen LogP contribution in [-0.4, -0.2) is 26.8 Å². The zero-order valence-electron chi connectivity index (χ0n) is 11.8. The van der Waals surface area contributed by atoms with Crippen molar-refractivity contribution in [1.29, 1.82) is 0 Å². The highest BCUT2D eigenvalue weighted by Gasteiger charge is 2.06. The Labute approximate surface area is 114 Å². The molecule has 0 radical (unpaired) electrons. The summed E-state index contributed by atoms with van der Waals surface area (Å²) in [5.41, 5.74) is 0.911. The second-order valence-corrected chi connectivity index (χ2v) is 4.14. The van der Waals surface area contributed by atoms with Gasteiger partial charge in [0, 0.05) is 24.7 Å². The molecule has 0 saturated carbocycles. The van der Waals surface area contributed by atoms with Crippen molar-refractivity contribution in [1.82, 2.24) is 10.6 Å². The lowest BCUT2D eigenvalue weighted by Gasteiger charge is -2.11. The van der Waals surface area contributed by atoms with Crippen molar-refractivity contribution >= 4 is 6.03 Å². The van der Waals surface area contributed by atoms with E-state index < -0.39 is 0 Å². The van der Waals surface area contributed by atoms with Crippen LogP contribution in [0.1, 0.15) is 25.3 Å². The lowest BCUT2D eigenvalue weighted by Crippen LogP contribution is -2.35. The molecule has 0 unspecified atom stereocenters. The average molecular weight is 266 g/mol. The van der Waals surface area contributed by atoms with Gasteiger partial charge in [-0.1, -0.05) is 13.3 Å². The summed E-state index contributed by atoms with van der Waals surface area (Å²) in [7, 11) is 3.20. The van der Waals surface area contributed by atoms with E-state index in [1.54, 1.807) is 20.3 Å². The second-order valence-electron chi connectivity index (χ2n) is 4.14. The SMILES string of the molecule is CCCCNC(=O)NCc1ccc(OC)cc1OC. The van der Waals surface area contributed by atoms with Crippen molar-refractivity contribution in [2.45, 2.75) is 26.3 Å². The van der Waals surface area contributed by atoms with Gasteiger partial charge in [0.25, 0.3) is 0 Å². The number of carbonyl (C=O) groups is 1. The van der Waals surface area contributed by atoms with Gasteiger partial charge >= 0.3 is 6.03 Å². The van der Waals surface area contributed by atoms with Gasteiger partial charge in [-0.25, -0.2) is 4.79 Å². The molecule has 5 nitrogen and oxygen atoms in total. The smallest absolute Gasteiger partial charge is 0.315 e. The number of methoxy groups -OCH3 is 2. The summed E-state index contributed by atoms with van der Waals surface area (Å²) in [5.74, 6) is 1.43. The van der Waals surface area contributed by atoms with Crippen LogP contribution in [0.2, 0.25) is 0 Å². The first-order chi connectivity index (χ1) is 9.21. The highest BCUT2D eigenvalue weighted by Crippen LogP contribution is 2.24. The summed E-state index contributed by atoms with van der Waals surface area (Å²) in [4.78, 5) is 11.5. The fourth-order valence-electron chi connectivity index (χ4n) is 1.61. The predicted molar refractivity (Wildman–Crippen MR) is 74.7 cm³/mol. The van der Waals surface area contributed by atoms with E-state index in [1.165, 1.54) is 0 Å². The van der Waals surface area contributed by atoms with Crippen LogP contribution >= 0.6 is 0 Å². The van der Waals surface area contributed by atoms with E-state index in [1.807, 2.05) is 12.1 Å². The van der Waals surface area contributed by atoms with Crippen molar-refractivity contribution in [2.24, 2.45) is 0 Å². The van der Waals surface area contributed by atoms with Gasteiger partial charge in [0.1, 0.15) is 11.5 Å². The standard InChI is InChI=1S/C14H22N2O3/c1-4-5-8-15-14(17)16-10-11-6-7-12(18-2)9-13(11)19-3/h6-7,9H,4-5,8,10H2,1-3H3,(H2,15,16,17). The van der Waals surface area contributed by atoms with Crippen LogP contribution in [0, 0.1) is 0 Å². The molecule has 2 amide bonds. The molecular formula is C14H22N2O3. The Morgan fingerprint density at radius 2 is 2.00 bits per heavy atom. The Kier molecular flexibility index (Phi) is 6.57. The fourth-order valence-corrected chi connectivity index (χ4v) is 1.61. The van der Waals surface area contributed by atoms with Gasteiger partial charge in [-0.3, -0.25) is 0 Å². The fraction of sp³-hybridized carbons (Fsp3) is 0.500. The van der Waals surface area contributed by atoms with Crippen LogP contribution in [0.3, 0.4) is 0 Å². The van der Waals surface area contributed by atoms with E-state index in [9.17, 15) is 4.79 Å². The molecule has 0 heterocycles. The number of unbranched alkanes of at least 4 members (excludes halogenated alkanes) is 1. The number of rotatable bonds is 7. The molecule has 19 heavy (non-hydrogen) atoms. The Hall–Kier alpha value is -1.91. The molecule has 2 N–H and O–H groups in total. The maximum Gasteiger partial charge on any atom is 0.315 e. The molecule has 5 heteroatoms. The van der Waals surface area contributed by atoms with Gasteiger partial charge in [-0.15, -0.1) is 0 Å². The Balaban J connectivity index is 2.50. The highest BCUT2D eigenvalue weighted by atomic mass is 16.5. The van der Waals surface area contributed by atoms with E-state index in [-0.39, 0.29) is 6.03 Å². The van der Waals surface area contributed by atoms with Crippen molar-refractivity contribution in [3.8, 4) is 11.5 Å². The summed E-state index contributed by atoms with van der Waals surface area (Å²) in [6.07, 6.45) is 2.05. The molecular weight excluding hydrogens is 244 g/mol. The molecule has 1 aromatic rings. The second kappa shape index (κ2) is 8.24. The van der Waals surface area contributed by atoms with Crippen LogP contribution in [-0.2, 0) is 6.54 Å². The number of ether oxygens (including phenoxy) is 2. The molecule has 0 aliphatic rings. The van der Waals surface area contributed by atoms with Crippen LogP contribution in [0.25, 0.3) is 0 Å². The Morgan fingerprint density at radius 1 is 1.21 bits per heavy atom. The quantitative estimate of drug-likeness (QED) is 0.744. The van der Waals surface area contributed by atoms with E-state index >= 15 is 0 Å². The van der Waals surface area contributed by atoms with Crippen LogP contribution in [0.15, 0.2) is 18.2 Å². The molecule has 0 spiro atoms. The van der Waals surface area contributed by atoms with Crippen molar-refractivity contribution in [3.05, 3.63) is 23.8 Å². The summed E-state index contributed by atoms with van der Waals surface area (Å²) >= 11 is 0. The molecule has 0 aliphatic carbocycles. The highest BCUT2D eigenvalue weighted by molar-refractivity contribution is 5.73. The molecule has 0 aliphatic heterocycles. The topological polar surface area (TPSA) is 59.6 Å².